The Morgan fingerprint density at radius 2 is 1.94 bits per heavy atom. The van der Waals surface area contributed by atoms with Gasteiger partial charge >= 0.3 is 0 Å². The Labute approximate surface area is 107 Å². The van der Waals surface area contributed by atoms with E-state index in [0.29, 0.717) is 10.0 Å². The summed E-state index contributed by atoms with van der Waals surface area (Å²) in [6, 6.07) is 5.44. The Morgan fingerprint density at radius 3 is 2.44 bits per heavy atom. The molecule has 1 atom stereocenters. The number of benzene rings is 1. The zero-order valence-corrected chi connectivity index (χ0v) is 11.5. The number of methoxy groups -OCH3 is 1. The van der Waals surface area contributed by atoms with E-state index in [9.17, 15) is 0 Å². The van der Waals surface area contributed by atoms with Crippen molar-refractivity contribution in [1.82, 2.24) is 5.32 Å². The van der Waals surface area contributed by atoms with Gasteiger partial charge in [0.1, 0.15) is 0 Å². The van der Waals surface area contributed by atoms with E-state index in [-0.39, 0.29) is 11.6 Å². The molecule has 0 aliphatic rings. The molecule has 0 aliphatic heterocycles. The first kappa shape index (κ1) is 13.8. The van der Waals surface area contributed by atoms with Crippen molar-refractivity contribution in [2.75, 3.05) is 14.2 Å². The summed E-state index contributed by atoms with van der Waals surface area (Å²) in [5, 5.41) is 4.57. The van der Waals surface area contributed by atoms with Crippen LogP contribution in [0.3, 0.4) is 0 Å². The molecule has 0 fully saturated rings. The maximum absolute atomic E-state index is 6.18. The molecular weight excluding hydrogens is 245 g/mol. The Balaban J connectivity index is 3.18. The number of hydrogen-bond donors (Lipinski definition) is 1. The highest BCUT2D eigenvalue weighted by molar-refractivity contribution is 6.33. The summed E-state index contributed by atoms with van der Waals surface area (Å²) >= 11 is 12.2. The fraction of sp³-hybridized carbons (Fsp3) is 0.500. The number of halogens is 2. The molecule has 90 valence electrons. The molecule has 1 aromatic carbocycles. The highest BCUT2D eigenvalue weighted by Crippen LogP contribution is 2.34. The fourth-order valence-electron chi connectivity index (χ4n) is 1.73. The van der Waals surface area contributed by atoms with Gasteiger partial charge in [-0.05, 0) is 44.7 Å². The Hall–Kier alpha value is -0.280. The predicted molar refractivity (Wildman–Crippen MR) is 69.4 cm³/mol. The molecule has 16 heavy (non-hydrogen) atoms. The zero-order valence-electron chi connectivity index (χ0n) is 9.97. The summed E-state index contributed by atoms with van der Waals surface area (Å²) in [5.41, 5.74) is 0.590. The molecule has 0 saturated heterocycles. The maximum Gasteiger partial charge on any atom is 0.0817 e. The number of likely N-dealkylation sites (N-methyl/N-ethyl adjacent to an activating group) is 1. The summed E-state index contributed by atoms with van der Waals surface area (Å²) in [5.74, 6) is 0. The Bertz CT molecular complexity index is 366. The van der Waals surface area contributed by atoms with Crippen LogP contribution in [0.25, 0.3) is 0 Å². The van der Waals surface area contributed by atoms with E-state index < -0.39 is 0 Å². The number of nitrogens with one attached hydrogen (secondary N) is 1. The van der Waals surface area contributed by atoms with Crippen molar-refractivity contribution >= 4 is 23.2 Å². The van der Waals surface area contributed by atoms with Crippen molar-refractivity contribution in [3.63, 3.8) is 0 Å². The lowest BCUT2D eigenvalue weighted by atomic mass is 9.91. The average Bonchev–Trinajstić information content (AvgIpc) is 2.24. The molecule has 1 aromatic rings. The lowest BCUT2D eigenvalue weighted by Gasteiger charge is -2.33. The number of ether oxygens (including phenoxy) is 1. The minimum absolute atomic E-state index is 0.0105. The van der Waals surface area contributed by atoms with E-state index in [1.54, 1.807) is 19.2 Å². The van der Waals surface area contributed by atoms with Crippen LogP contribution in [0.2, 0.25) is 10.0 Å². The second-order valence-electron chi connectivity index (χ2n) is 4.20. The van der Waals surface area contributed by atoms with Gasteiger partial charge in [-0.1, -0.05) is 23.2 Å². The van der Waals surface area contributed by atoms with Gasteiger partial charge in [-0.2, -0.15) is 0 Å². The standard InChI is InChI=1S/C12H17Cl2NO/c1-12(2,16-4)11(15-3)9-7-8(13)5-6-10(9)14/h5-7,11,15H,1-4H3. The van der Waals surface area contributed by atoms with Gasteiger partial charge in [-0.3, -0.25) is 0 Å². The van der Waals surface area contributed by atoms with Gasteiger partial charge in [-0.15, -0.1) is 0 Å². The molecular formula is C12H17Cl2NO. The molecule has 0 spiro atoms. The van der Waals surface area contributed by atoms with Crippen LogP contribution in [0.5, 0.6) is 0 Å². The van der Waals surface area contributed by atoms with Gasteiger partial charge in [0.15, 0.2) is 0 Å². The van der Waals surface area contributed by atoms with Gasteiger partial charge in [0.25, 0.3) is 0 Å². The molecule has 0 aromatic heterocycles. The van der Waals surface area contributed by atoms with Gasteiger partial charge in [0, 0.05) is 17.2 Å². The zero-order chi connectivity index (χ0) is 12.3. The number of hydrogen-bond acceptors (Lipinski definition) is 2. The van der Waals surface area contributed by atoms with Crippen LogP contribution in [0.15, 0.2) is 18.2 Å². The monoisotopic (exact) mass is 261 g/mol. The van der Waals surface area contributed by atoms with E-state index in [0.717, 1.165) is 5.56 Å². The molecule has 0 radical (unpaired) electrons. The van der Waals surface area contributed by atoms with Crippen LogP contribution in [-0.4, -0.2) is 19.8 Å². The third-order valence-corrected chi connectivity index (χ3v) is 3.36. The lowest BCUT2D eigenvalue weighted by molar-refractivity contribution is -0.00896. The van der Waals surface area contributed by atoms with E-state index in [2.05, 4.69) is 5.32 Å². The van der Waals surface area contributed by atoms with Gasteiger partial charge in [0.2, 0.25) is 0 Å². The van der Waals surface area contributed by atoms with Crippen molar-refractivity contribution in [1.29, 1.82) is 0 Å². The minimum atomic E-state index is -0.358. The van der Waals surface area contributed by atoms with Crippen LogP contribution >= 0.6 is 23.2 Å². The van der Waals surface area contributed by atoms with Crippen molar-refractivity contribution in [3.8, 4) is 0 Å². The number of rotatable bonds is 4. The summed E-state index contributed by atoms with van der Waals surface area (Å²) in [6.45, 7) is 4.01. The third kappa shape index (κ3) is 2.89. The molecule has 1 N–H and O–H groups in total. The maximum atomic E-state index is 6.18. The molecule has 0 bridgehead atoms. The first-order valence-electron chi connectivity index (χ1n) is 5.09. The van der Waals surface area contributed by atoms with Crippen LogP contribution < -0.4 is 5.32 Å². The molecule has 0 aliphatic carbocycles. The first-order valence-corrected chi connectivity index (χ1v) is 5.85. The second-order valence-corrected chi connectivity index (χ2v) is 5.04. The van der Waals surface area contributed by atoms with Crippen LogP contribution in [-0.2, 0) is 4.74 Å². The molecule has 2 nitrogen and oxygen atoms in total. The van der Waals surface area contributed by atoms with E-state index in [1.165, 1.54) is 0 Å². The topological polar surface area (TPSA) is 21.3 Å². The summed E-state index contributed by atoms with van der Waals surface area (Å²) in [7, 11) is 3.56. The summed E-state index contributed by atoms with van der Waals surface area (Å²) < 4.78 is 5.48. The van der Waals surface area contributed by atoms with Crippen LogP contribution in [0, 0.1) is 0 Å². The van der Waals surface area contributed by atoms with Gasteiger partial charge in [0.05, 0.1) is 11.6 Å². The molecule has 4 heteroatoms. The van der Waals surface area contributed by atoms with Gasteiger partial charge < -0.3 is 10.1 Å². The van der Waals surface area contributed by atoms with E-state index >= 15 is 0 Å². The van der Waals surface area contributed by atoms with E-state index in [4.69, 9.17) is 27.9 Å². The minimum Gasteiger partial charge on any atom is -0.377 e. The van der Waals surface area contributed by atoms with Crippen molar-refractivity contribution < 1.29 is 4.74 Å². The van der Waals surface area contributed by atoms with Crippen LogP contribution in [0.1, 0.15) is 25.5 Å². The van der Waals surface area contributed by atoms with E-state index in [1.807, 2.05) is 27.0 Å². The SMILES string of the molecule is CNC(c1cc(Cl)ccc1Cl)C(C)(C)OC. The quantitative estimate of drug-likeness (QED) is 0.893. The lowest BCUT2D eigenvalue weighted by Crippen LogP contribution is -2.39. The Morgan fingerprint density at radius 1 is 1.31 bits per heavy atom. The molecule has 0 saturated carbocycles. The molecule has 0 amide bonds. The third-order valence-electron chi connectivity index (χ3n) is 2.78. The Kier molecular flexibility index (Phi) is 4.62. The summed E-state index contributed by atoms with van der Waals surface area (Å²) in [4.78, 5) is 0. The largest absolute Gasteiger partial charge is 0.377 e. The van der Waals surface area contributed by atoms with Crippen molar-refractivity contribution in [2.24, 2.45) is 0 Å². The van der Waals surface area contributed by atoms with Gasteiger partial charge in [-0.25, -0.2) is 0 Å². The normalized spacial score (nSPS) is 13.9. The highest BCUT2D eigenvalue weighted by Gasteiger charge is 2.30. The average molecular weight is 262 g/mol. The summed E-state index contributed by atoms with van der Waals surface area (Å²) in [6.07, 6.45) is 0. The molecule has 1 unspecified atom stereocenters. The fourth-order valence-corrected chi connectivity index (χ4v) is 2.14. The van der Waals surface area contributed by atoms with Crippen molar-refractivity contribution in [2.45, 2.75) is 25.5 Å². The van der Waals surface area contributed by atoms with Crippen molar-refractivity contribution in [3.05, 3.63) is 33.8 Å². The second kappa shape index (κ2) is 5.37. The molecule has 0 heterocycles. The highest BCUT2D eigenvalue weighted by atomic mass is 35.5. The predicted octanol–water partition coefficient (Wildman–Crippen LogP) is 3.68. The smallest absolute Gasteiger partial charge is 0.0817 e. The molecule has 1 rings (SSSR count). The van der Waals surface area contributed by atoms with Crippen LogP contribution in [0.4, 0.5) is 0 Å². The first-order chi connectivity index (χ1) is 7.42.